The number of benzene rings is 2. The predicted molar refractivity (Wildman–Crippen MR) is 145 cm³/mol. The molecule has 0 radical (unpaired) electrons. The first kappa shape index (κ1) is 25.9. The predicted octanol–water partition coefficient (Wildman–Crippen LogP) is 3.88. The number of likely N-dealkylation sites (N-methyl/N-ethyl adjacent to an activating group) is 1. The number of allylic oxidation sites excluding steroid dienone is 1. The van der Waals surface area contributed by atoms with E-state index in [2.05, 4.69) is 15.9 Å². The normalized spacial score (nSPS) is 15.4. The largest absolute Gasteiger partial charge is 0.496 e. The fourth-order valence-corrected chi connectivity index (χ4v) is 5.99. The van der Waals surface area contributed by atoms with Gasteiger partial charge in [0, 0.05) is 18.7 Å². The van der Waals surface area contributed by atoms with Gasteiger partial charge in [0.15, 0.2) is 4.80 Å². The summed E-state index contributed by atoms with van der Waals surface area (Å²) in [5.41, 5.74) is 2.46. The number of thiazole rings is 1. The highest BCUT2D eigenvalue weighted by atomic mass is 79.9. The van der Waals surface area contributed by atoms with Crippen molar-refractivity contribution in [3.05, 3.63) is 89.0 Å². The fraction of sp³-hybridized carbons (Fsp3) is 0.296. The molecule has 2 heterocycles. The summed E-state index contributed by atoms with van der Waals surface area (Å²) in [5, 5.41) is 0. The summed E-state index contributed by atoms with van der Waals surface area (Å²) in [5.74, 6) is 1.18. The second-order valence-electron chi connectivity index (χ2n) is 8.20. The Morgan fingerprint density at radius 1 is 1.14 bits per heavy atom. The SMILES string of the molecule is CCN(CC)C(=O)C1=C(C)N=c2s/c(=C/c3ccc(OC)c(Br)c3)c(=O)n2[C@@H]1c1ccccc1OC. The van der Waals surface area contributed by atoms with Gasteiger partial charge in [0.25, 0.3) is 11.5 Å². The lowest BCUT2D eigenvalue weighted by Crippen LogP contribution is -2.43. The molecule has 0 aliphatic carbocycles. The van der Waals surface area contributed by atoms with E-state index in [1.807, 2.05) is 69.3 Å². The van der Waals surface area contributed by atoms with Crippen molar-refractivity contribution in [2.75, 3.05) is 27.3 Å². The topological polar surface area (TPSA) is 73.1 Å². The Hall–Kier alpha value is -3.17. The van der Waals surface area contributed by atoms with Crippen molar-refractivity contribution >= 4 is 39.2 Å². The lowest BCUT2D eigenvalue weighted by molar-refractivity contribution is -0.127. The molecule has 9 heteroatoms. The van der Waals surface area contributed by atoms with Gasteiger partial charge in [0.1, 0.15) is 17.5 Å². The van der Waals surface area contributed by atoms with E-state index >= 15 is 0 Å². The van der Waals surface area contributed by atoms with Gasteiger partial charge >= 0.3 is 0 Å². The maximum absolute atomic E-state index is 13.9. The molecule has 1 aliphatic heterocycles. The summed E-state index contributed by atoms with van der Waals surface area (Å²) in [7, 11) is 3.20. The third-order valence-electron chi connectivity index (χ3n) is 6.21. The van der Waals surface area contributed by atoms with E-state index < -0.39 is 6.04 Å². The van der Waals surface area contributed by atoms with Gasteiger partial charge in [0.05, 0.1) is 34.5 Å². The van der Waals surface area contributed by atoms with Crippen LogP contribution in [-0.2, 0) is 4.79 Å². The molecule has 4 rings (SSSR count). The summed E-state index contributed by atoms with van der Waals surface area (Å²) in [6.45, 7) is 6.83. The van der Waals surface area contributed by atoms with Gasteiger partial charge in [-0.1, -0.05) is 35.6 Å². The Bertz CT molecular complexity index is 1520. The second-order valence-corrected chi connectivity index (χ2v) is 10.1. The summed E-state index contributed by atoms with van der Waals surface area (Å²) < 4.78 is 13.9. The minimum Gasteiger partial charge on any atom is -0.496 e. The molecule has 0 fully saturated rings. The fourth-order valence-electron chi connectivity index (χ4n) is 4.39. The van der Waals surface area contributed by atoms with Gasteiger partial charge in [-0.3, -0.25) is 14.2 Å². The van der Waals surface area contributed by atoms with Crippen LogP contribution in [-0.4, -0.2) is 42.7 Å². The van der Waals surface area contributed by atoms with Crippen LogP contribution in [0.2, 0.25) is 0 Å². The van der Waals surface area contributed by atoms with Crippen LogP contribution in [0, 0.1) is 0 Å². The number of carbonyl (C=O) groups is 1. The van der Waals surface area contributed by atoms with Crippen LogP contribution in [0.1, 0.15) is 37.9 Å². The molecule has 36 heavy (non-hydrogen) atoms. The van der Waals surface area contributed by atoms with Crippen LogP contribution < -0.4 is 24.4 Å². The molecule has 1 atom stereocenters. The number of carbonyl (C=O) groups excluding carboxylic acids is 1. The number of ether oxygens (including phenoxy) is 2. The Balaban J connectivity index is 1.97. The molecule has 0 N–H and O–H groups in total. The molecule has 0 spiro atoms. The highest BCUT2D eigenvalue weighted by molar-refractivity contribution is 9.10. The van der Waals surface area contributed by atoms with Gasteiger partial charge in [-0.05, 0) is 66.5 Å². The number of fused-ring (bicyclic) bond motifs is 1. The number of aromatic nitrogens is 1. The molecule has 0 saturated heterocycles. The molecular weight excluding hydrogens is 542 g/mol. The molecule has 0 saturated carbocycles. The summed E-state index contributed by atoms with van der Waals surface area (Å²) >= 11 is 4.81. The molecule has 3 aromatic rings. The van der Waals surface area contributed by atoms with Crippen molar-refractivity contribution in [2.45, 2.75) is 26.8 Å². The number of hydrogen-bond donors (Lipinski definition) is 0. The maximum Gasteiger partial charge on any atom is 0.271 e. The number of amides is 1. The average Bonchev–Trinajstić information content (AvgIpc) is 3.18. The second kappa shape index (κ2) is 10.8. The number of rotatable bonds is 7. The zero-order valence-corrected chi connectivity index (χ0v) is 23.3. The van der Waals surface area contributed by atoms with Gasteiger partial charge in [-0.15, -0.1) is 0 Å². The third kappa shape index (κ3) is 4.65. The first-order chi connectivity index (χ1) is 17.3. The van der Waals surface area contributed by atoms with Crippen LogP contribution in [0.4, 0.5) is 0 Å². The molecule has 188 valence electrons. The highest BCUT2D eigenvalue weighted by Gasteiger charge is 2.35. The summed E-state index contributed by atoms with van der Waals surface area (Å²) in [6, 6.07) is 12.5. The summed E-state index contributed by atoms with van der Waals surface area (Å²) in [4.78, 5) is 34.6. The van der Waals surface area contributed by atoms with Crippen molar-refractivity contribution in [3.8, 4) is 11.5 Å². The Labute approximate surface area is 222 Å². The van der Waals surface area contributed by atoms with Crippen LogP contribution in [0.15, 0.2) is 68.0 Å². The molecule has 1 aliphatic rings. The Morgan fingerprint density at radius 2 is 1.83 bits per heavy atom. The van der Waals surface area contributed by atoms with Crippen molar-refractivity contribution in [3.63, 3.8) is 0 Å². The van der Waals surface area contributed by atoms with Gasteiger partial charge in [0.2, 0.25) is 0 Å². The minimum absolute atomic E-state index is 0.134. The number of para-hydroxylation sites is 1. The number of methoxy groups -OCH3 is 2. The molecular formula is C27H28BrN3O4S. The highest BCUT2D eigenvalue weighted by Crippen LogP contribution is 2.36. The molecule has 0 bridgehead atoms. The lowest BCUT2D eigenvalue weighted by Gasteiger charge is -2.29. The lowest BCUT2D eigenvalue weighted by atomic mass is 9.94. The molecule has 1 amide bonds. The van der Waals surface area contributed by atoms with E-state index in [0.29, 0.717) is 45.2 Å². The van der Waals surface area contributed by atoms with Gasteiger partial charge in [-0.2, -0.15) is 0 Å². The zero-order chi connectivity index (χ0) is 26.0. The molecule has 1 aromatic heterocycles. The van der Waals surface area contributed by atoms with E-state index in [9.17, 15) is 9.59 Å². The van der Waals surface area contributed by atoms with Crippen molar-refractivity contribution in [1.82, 2.24) is 9.47 Å². The van der Waals surface area contributed by atoms with Crippen molar-refractivity contribution in [1.29, 1.82) is 0 Å². The average molecular weight is 571 g/mol. The number of hydrogen-bond acceptors (Lipinski definition) is 6. The Morgan fingerprint density at radius 3 is 2.47 bits per heavy atom. The van der Waals surface area contributed by atoms with E-state index in [4.69, 9.17) is 14.5 Å². The van der Waals surface area contributed by atoms with E-state index in [1.165, 1.54) is 11.3 Å². The van der Waals surface area contributed by atoms with Crippen LogP contribution in [0.25, 0.3) is 6.08 Å². The first-order valence-corrected chi connectivity index (χ1v) is 13.2. The van der Waals surface area contributed by atoms with Gasteiger partial charge < -0.3 is 14.4 Å². The molecule has 2 aromatic carbocycles. The van der Waals surface area contributed by atoms with E-state index in [0.717, 1.165) is 15.6 Å². The minimum atomic E-state index is -0.657. The van der Waals surface area contributed by atoms with E-state index in [-0.39, 0.29) is 11.5 Å². The first-order valence-electron chi connectivity index (χ1n) is 11.6. The smallest absolute Gasteiger partial charge is 0.271 e. The number of halogens is 1. The quantitative estimate of drug-likeness (QED) is 0.433. The van der Waals surface area contributed by atoms with Crippen LogP contribution in [0.5, 0.6) is 11.5 Å². The third-order valence-corrected chi connectivity index (χ3v) is 7.81. The summed E-state index contributed by atoms with van der Waals surface area (Å²) in [6.07, 6.45) is 1.83. The van der Waals surface area contributed by atoms with Crippen LogP contribution in [0.3, 0.4) is 0 Å². The van der Waals surface area contributed by atoms with Crippen LogP contribution >= 0.6 is 27.3 Å². The molecule has 7 nitrogen and oxygen atoms in total. The number of nitrogens with zero attached hydrogens (tertiary/aromatic N) is 3. The Kier molecular flexibility index (Phi) is 7.80. The maximum atomic E-state index is 13.9. The van der Waals surface area contributed by atoms with Gasteiger partial charge in [-0.25, -0.2) is 4.99 Å². The van der Waals surface area contributed by atoms with Crippen molar-refractivity contribution < 1.29 is 14.3 Å². The van der Waals surface area contributed by atoms with E-state index in [1.54, 1.807) is 23.7 Å². The zero-order valence-electron chi connectivity index (χ0n) is 20.9. The molecule has 0 unspecified atom stereocenters. The monoisotopic (exact) mass is 569 g/mol. The standard InChI is InChI=1S/C27H28BrN3O4S/c1-6-30(7-2)26(33)23-16(3)29-27-31(24(23)18-10-8-9-11-20(18)34-4)25(32)22(36-27)15-17-12-13-21(35-5)19(28)14-17/h8-15,24H,6-7H2,1-5H3/b22-15+/t24-/m1/s1. The van der Waals surface area contributed by atoms with Crippen molar-refractivity contribution in [2.24, 2.45) is 4.99 Å².